The van der Waals surface area contributed by atoms with Gasteiger partial charge in [-0.15, -0.1) is 0 Å². The van der Waals surface area contributed by atoms with Crippen LogP contribution in [0.5, 0.6) is 0 Å². The van der Waals surface area contributed by atoms with Gasteiger partial charge in [0.15, 0.2) is 0 Å². The Balaban J connectivity index is 2.59. The molecule has 0 bridgehead atoms. The first-order chi connectivity index (χ1) is 7.67. The molecule has 4 heteroatoms. The third kappa shape index (κ3) is 3.68. The molecule has 1 aromatic heterocycles. The molecule has 1 rings (SSSR count). The number of carbonyl (C=O) groups is 1. The Morgan fingerprint density at radius 1 is 1.56 bits per heavy atom. The minimum absolute atomic E-state index is 0.147. The van der Waals surface area contributed by atoms with Crippen LogP contribution in [0, 0.1) is 0 Å². The van der Waals surface area contributed by atoms with Gasteiger partial charge in [0.25, 0.3) is 0 Å². The van der Waals surface area contributed by atoms with Crippen LogP contribution in [0.1, 0.15) is 31.9 Å². The largest absolute Gasteiger partial charge is 0.469 e. The van der Waals surface area contributed by atoms with E-state index in [1.54, 1.807) is 0 Å². The number of ether oxygens (including phenoxy) is 1. The Morgan fingerprint density at radius 2 is 2.31 bits per heavy atom. The van der Waals surface area contributed by atoms with Crippen LogP contribution in [0.3, 0.4) is 0 Å². The molecule has 0 aromatic carbocycles. The first-order valence-corrected chi connectivity index (χ1v) is 5.78. The predicted molar refractivity (Wildman–Crippen MR) is 60.9 cm³/mol. The molecular weight excluding hydrogens is 204 g/mol. The molecule has 0 unspecified atom stereocenters. The first-order valence-electron chi connectivity index (χ1n) is 5.78. The van der Waals surface area contributed by atoms with Crippen LogP contribution in [0.4, 0.5) is 0 Å². The Labute approximate surface area is 96.8 Å². The summed E-state index contributed by atoms with van der Waals surface area (Å²) in [6.07, 6.45) is 7.68. The van der Waals surface area contributed by atoms with Crippen molar-refractivity contribution in [2.45, 2.75) is 39.2 Å². The number of aryl methyl sites for hydroxylation is 3. The van der Waals surface area contributed by atoms with Crippen LogP contribution in [0.25, 0.3) is 0 Å². The maximum atomic E-state index is 11.1. The average molecular weight is 225 g/mol. The van der Waals surface area contributed by atoms with Crippen molar-refractivity contribution in [3.63, 3.8) is 0 Å². The zero-order valence-corrected chi connectivity index (χ0v) is 10.4. The van der Waals surface area contributed by atoms with Crippen LogP contribution < -0.4 is 4.57 Å². The molecule has 0 atom stereocenters. The average Bonchev–Trinajstić information content (AvgIpc) is 2.63. The third-order valence-corrected chi connectivity index (χ3v) is 2.61. The molecule has 0 amide bonds. The second-order valence-electron chi connectivity index (χ2n) is 4.02. The first kappa shape index (κ1) is 12.7. The number of carbonyl (C=O) groups excluding carboxylic acids is 1. The fraction of sp³-hybridized carbons (Fsp3) is 0.667. The Hall–Kier alpha value is -1.32. The molecule has 0 aliphatic rings. The molecule has 0 saturated heterocycles. The van der Waals surface area contributed by atoms with E-state index in [1.165, 1.54) is 25.6 Å². The Kier molecular flexibility index (Phi) is 5.02. The number of hydrogen-bond donors (Lipinski definition) is 0. The maximum Gasteiger partial charge on any atom is 0.305 e. The zero-order chi connectivity index (χ0) is 12.0. The molecule has 4 nitrogen and oxygen atoms in total. The number of methoxy groups -OCH3 is 1. The smallest absolute Gasteiger partial charge is 0.305 e. The van der Waals surface area contributed by atoms with Gasteiger partial charge < -0.3 is 4.74 Å². The van der Waals surface area contributed by atoms with Gasteiger partial charge in [-0.05, 0) is 6.42 Å². The van der Waals surface area contributed by atoms with Crippen molar-refractivity contribution in [3.8, 4) is 0 Å². The second-order valence-corrected chi connectivity index (χ2v) is 4.02. The molecule has 0 aliphatic carbocycles. The third-order valence-electron chi connectivity index (χ3n) is 2.61. The van der Waals surface area contributed by atoms with Crippen molar-refractivity contribution in [3.05, 3.63) is 18.2 Å². The van der Waals surface area contributed by atoms with E-state index in [2.05, 4.69) is 28.8 Å². The molecule has 90 valence electrons. The maximum absolute atomic E-state index is 11.1. The number of hydrogen-bond acceptors (Lipinski definition) is 2. The number of rotatable bonds is 6. The van der Waals surface area contributed by atoms with E-state index >= 15 is 0 Å². The lowest BCUT2D eigenvalue weighted by Crippen LogP contribution is -2.23. The molecule has 0 saturated carbocycles. The molecular formula is C12H21N2O2+. The van der Waals surface area contributed by atoms with E-state index in [1.807, 2.05) is 11.6 Å². The van der Waals surface area contributed by atoms with E-state index in [4.69, 9.17) is 0 Å². The highest BCUT2D eigenvalue weighted by Crippen LogP contribution is 2.04. The van der Waals surface area contributed by atoms with Crippen LogP contribution in [-0.4, -0.2) is 17.6 Å². The van der Waals surface area contributed by atoms with Crippen LogP contribution >= 0.6 is 0 Å². The fourth-order valence-electron chi connectivity index (χ4n) is 1.71. The molecule has 1 aromatic rings. The van der Waals surface area contributed by atoms with Gasteiger partial charge in [-0.1, -0.05) is 13.3 Å². The number of imidazole rings is 1. The summed E-state index contributed by atoms with van der Waals surface area (Å²) in [4.78, 5) is 11.1. The summed E-state index contributed by atoms with van der Waals surface area (Å²) in [5.74, 6) is -0.147. The van der Waals surface area contributed by atoms with Crippen molar-refractivity contribution < 1.29 is 14.1 Å². The van der Waals surface area contributed by atoms with Gasteiger partial charge in [-0.25, -0.2) is 9.13 Å². The van der Waals surface area contributed by atoms with Crippen molar-refractivity contribution in [2.24, 2.45) is 7.05 Å². The Morgan fingerprint density at radius 3 is 2.94 bits per heavy atom. The summed E-state index contributed by atoms with van der Waals surface area (Å²) in [6.45, 7) is 3.20. The Bertz CT molecular complexity index is 345. The minimum Gasteiger partial charge on any atom is -0.469 e. The van der Waals surface area contributed by atoms with Gasteiger partial charge in [0.2, 0.25) is 6.33 Å². The number of unbranched alkanes of at least 4 members (excludes halogenated alkanes) is 1. The van der Waals surface area contributed by atoms with Crippen molar-refractivity contribution in [1.82, 2.24) is 4.57 Å². The monoisotopic (exact) mass is 225 g/mol. The molecule has 0 N–H and O–H groups in total. The van der Waals surface area contributed by atoms with E-state index in [9.17, 15) is 4.79 Å². The molecule has 0 fully saturated rings. The van der Waals surface area contributed by atoms with Gasteiger partial charge in [0.05, 0.1) is 27.1 Å². The zero-order valence-electron chi connectivity index (χ0n) is 10.4. The normalized spacial score (nSPS) is 10.4. The lowest BCUT2D eigenvalue weighted by atomic mass is 10.2. The second kappa shape index (κ2) is 6.30. The van der Waals surface area contributed by atoms with Crippen LogP contribution in [0.15, 0.2) is 12.5 Å². The number of aromatic nitrogens is 2. The van der Waals surface area contributed by atoms with Crippen molar-refractivity contribution >= 4 is 5.97 Å². The SMILES string of the molecule is CCCCn1c[n+](C)cc1CCC(=O)OC. The van der Waals surface area contributed by atoms with Gasteiger partial charge in [-0.2, -0.15) is 0 Å². The van der Waals surface area contributed by atoms with E-state index in [0.717, 1.165) is 13.0 Å². The van der Waals surface area contributed by atoms with Gasteiger partial charge in [0.1, 0.15) is 11.9 Å². The molecule has 16 heavy (non-hydrogen) atoms. The number of esters is 1. The molecule has 0 spiro atoms. The lowest BCUT2D eigenvalue weighted by molar-refractivity contribution is -0.671. The molecule has 0 radical (unpaired) electrons. The molecule has 0 aliphatic heterocycles. The van der Waals surface area contributed by atoms with Crippen LogP contribution in [0.2, 0.25) is 0 Å². The molecule has 1 heterocycles. The summed E-state index contributed by atoms with van der Waals surface area (Å²) in [5.41, 5.74) is 1.20. The van der Waals surface area contributed by atoms with Gasteiger partial charge in [-0.3, -0.25) is 4.79 Å². The van der Waals surface area contributed by atoms with Gasteiger partial charge >= 0.3 is 5.97 Å². The summed E-state index contributed by atoms with van der Waals surface area (Å²) in [6, 6.07) is 0. The summed E-state index contributed by atoms with van der Waals surface area (Å²) >= 11 is 0. The van der Waals surface area contributed by atoms with Crippen molar-refractivity contribution in [2.75, 3.05) is 7.11 Å². The summed E-state index contributed by atoms with van der Waals surface area (Å²) in [7, 11) is 3.43. The minimum atomic E-state index is -0.147. The highest BCUT2D eigenvalue weighted by molar-refractivity contribution is 5.69. The summed E-state index contributed by atoms with van der Waals surface area (Å²) in [5, 5.41) is 0. The topological polar surface area (TPSA) is 35.1 Å². The standard InChI is InChI=1S/C12H21N2O2/c1-4-5-8-14-10-13(2)9-11(14)6-7-12(15)16-3/h9-10H,4-8H2,1-3H3/q+1. The summed E-state index contributed by atoms with van der Waals surface area (Å²) < 4.78 is 8.89. The van der Waals surface area contributed by atoms with Crippen molar-refractivity contribution in [1.29, 1.82) is 0 Å². The fourth-order valence-corrected chi connectivity index (χ4v) is 1.71. The quantitative estimate of drug-likeness (QED) is 0.539. The van der Waals surface area contributed by atoms with E-state index in [0.29, 0.717) is 6.42 Å². The highest BCUT2D eigenvalue weighted by Gasteiger charge is 2.12. The predicted octanol–water partition coefficient (Wildman–Crippen LogP) is 1.22. The van der Waals surface area contributed by atoms with E-state index in [-0.39, 0.29) is 5.97 Å². The highest BCUT2D eigenvalue weighted by atomic mass is 16.5. The van der Waals surface area contributed by atoms with Gasteiger partial charge in [0, 0.05) is 6.42 Å². The van der Waals surface area contributed by atoms with Crippen LogP contribution in [-0.2, 0) is 29.5 Å². The number of nitrogens with zero attached hydrogens (tertiary/aromatic N) is 2. The van der Waals surface area contributed by atoms with E-state index < -0.39 is 0 Å². The lowest BCUT2D eigenvalue weighted by Gasteiger charge is -2.00.